The monoisotopic (exact) mass is 474 g/mol. The number of carbonyl (C=O) groups excluding carboxylic acids is 1. The van der Waals surface area contributed by atoms with Crippen LogP contribution in [0.25, 0.3) is 11.0 Å². The van der Waals surface area contributed by atoms with Gasteiger partial charge < -0.3 is 10.1 Å². The second-order valence-corrected chi connectivity index (χ2v) is 10.2. The molecule has 1 fully saturated rings. The number of fused-ring (bicyclic) bond motifs is 1. The molecule has 32 heavy (non-hydrogen) atoms. The highest BCUT2D eigenvalue weighted by molar-refractivity contribution is 7.89. The fraction of sp³-hybridized carbons (Fsp3) is 0.409. The van der Waals surface area contributed by atoms with Crippen LogP contribution in [0.2, 0.25) is 0 Å². The van der Waals surface area contributed by atoms with E-state index in [9.17, 15) is 13.2 Å². The molecule has 0 unspecified atom stereocenters. The highest BCUT2D eigenvalue weighted by Crippen LogP contribution is 2.30. The third-order valence-corrected chi connectivity index (χ3v) is 7.75. The molecule has 1 aromatic heterocycles. The first-order valence-corrected chi connectivity index (χ1v) is 12.9. The normalized spacial score (nSPS) is 19.0. The highest BCUT2D eigenvalue weighted by atomic mass is 32.2. The summed E-state index contributed by atoms with van der Waals surface area (Å²) in [6.45, 7) is 2.88. The van der Waals surface area contributed by atoms with Crippen molar-refractivity contribution in [1.29, 1.82) is 0 Å². The Morgan fingerprint density at radius 3 is 2.56 bits per heavy atom. The Morgan fingerprint density at radius 2 is 1.84 bits per heavy atom. The fourth-order valence-electron chi connectivity index (χ4n) is 3.98. The van der Waals surface area contributed by atoms with E-state index in [2.05, 4.69) is 18.8 Å². The largest absolute Gasteiger partial charge is 0.494 e. The van der Waals surface area contributed by atoms with E-state index >= 15 is 0 Å². The van der Waals surface area contributed by atoms with Gasteiger partial charge in [-0.3, -0.25) is 4.79 Å². The molecular weight excluding hydrogens is 448 g/mol. The summed E-state index contributed by atoms with van der Waals surface area (Å²) in [6.07, 6.45) is 3.07. The number of ether oxygens (including phenoxy) is 1. The number of aromatic nitrogens is 2. The van der Waals surface area contributed by atoms with Crippen molar-refractivity contribution in [2.45, 2.75) is 37.5 Å². The molecule has 4 rings (SSSR count). The summed E-state index contributed by atoms with van der Waals surface area (Å²) >= 11 is 0.999. The van der Waals surface area contributed by atoms with Gasteiger partial charge in [0.1, 0.15) is 21.7 Å². The van der Waals surface area contributed by atoms with Crippen LogP contribution in [0.1, 0.15) is 32.6 Å². The summed E-state index contributed by atoms with van der Waals surface area (Å²) in [4.78, 5) is 12.8. The molecule has 8 nitrogen and oxygen atoms in total. The Bertz CT molecular complexity index is 1170. The highest BCUT2D eigenvalue weighted by Gasteiger charge is 2.28. The van der Waals surface area contributed by atoms with Crippen LogP contribution in [0.5, 0.6) is 5.75 Å². The van der Waals surface area contributed by atoms with Gasteiger partial charge >= 0.3 is 0 Å². The van der Waals surface area contributed by atoms with Crippen LogP contribution in [0.3, 0.4) is 0 Å². The van der Waals surface area contributed by atoms with Crippen LogP contribution in [0.4, 0.5) is 5.69 Å². The lowest BCUT2D eigenvalue weighted by Gasteiger charge is -2.28. The summed E-state index contributed by atoms with van der Waals surface area (Å²) < 4.78 is 41.9. The van der Waals surface area contributed by atoms with Gasteiger partial charge in [-0.15, -0.1) is 0 Å². The summed E-state index contributed by atoms with van der Waals surface area (Å²) in [6, 6.07) is 12.3. The minimum atomic E-state index is -3.67. The van der Waals surface area contributed by atoms with Crippen molar-refractivity contribution >= 4 is 44.4 Å². The van der Waals surface area contributed by atoms with E-state index in [1.165, 1.54) is 0 Å². The van der Waals surface area contributed by atoms with Crippen molar-refractivity contribution in [1.82, 2.24) is 13.5 Å². The molecule has 0 saturated heterocycles. The van der Waals surface area contributed by atoms with Crippen molar-refractivity contribution in [3.63, 3.8) is 0 Å². The standard InChI is InChI=1S/C22H26N4O4S2/c1-2-30-18-12-10-17(11-13-18)24-22(27)16-8-6-15(7-9-16)14-23-32(28,29)20-5-3-4-19-21(20)26-31-25-19/h3-5,10-13,15-16,23H,2,6-9,14H2,1H3,(H,24,27). The van der Waals surface area contributed by atoms with Gasteiger partial charge in [-0.1, -0.05) is 6.07 Å². The Hall–Kier alpha value is -2.56. The number of hydrogen-bond donors (Lipinski definition) is 2. The zero-order valence-electron chi connectivity index (χ0n) is 17.8. The van der Waals surface area contributed by atoms with Crippen molar-refractivity contribution in [3.05, 3.63) is 42.5 Å². The molecule has 0 spiro atoms. The summed E-state index contributed by atoms with van der Waals surface area (Å²) in [5.74, 6) is 0.919. The van der Waals surface area contributed by atoms with Crippen LogP contribution in [0, 0.1) is 11.8 Å². The third-order valence-electron chi connectivity index (χ3n) is 5.75. The predicted molar refractivity (Wildman–Crippen MR) is 124 cm³/mol. The van der Waals surface area contributed by atoms with Crippen molar-refractivity contribution in [2.75, 3.05) is 18.5 Å². The van der Waals surface area contributed by atoms with Gasteiger partial charge in [-0.2, -0.15) is 8.75 Å². The molecule has 0 radical (unpaired) electrons. The Labute approximate surface area is 191 Å². The van der Waals surface area contributed by atoms with E-state index in [0.29, 0.717) is 24.2 Å². The number of nitrogens with zero attached hydrogens (tertiary/aromatic N) is 2. The van der Waals surface area contributed by atoms with E-state index in [1.54, 1.807) is 18.2 Å². The van der Waals surface area contributed by atoms with E-state index in [1.807, 2.05) is 31.2 Å². The number of carbonyl (C=O) groups is 1. The molecule has 1 heterocycles. The van der Waals surface area contributed by atoms with Gasteiger partial charge in [0.2, 0.25) is 15.9 Å². The average molecular weight is 475 g/mol. The smallest absolute Gasteiger partial charge is 0.242 e. The SMILES string of the molecule is CCOc1ccc(NC(=O)C2CCC(CNS(=O)(=O)c3cccc4nsnc34)CC2)cc1. The number of anilines is 1. The van der Waals surface area contributed by atoms with Gasteiger partial charge in [-0.05, 0) is 74.9 Å². The van der Waals surface area contributed by atoms with Crippen molar-refractivity contribution in [3.8, 4) is 5.75 Å². The maximum Gasteiger partial charge on any atom is 0.242 e. The minimum Gasteiger partial charge on any atom is -0.494 e. The molecule has 0 atom stereocenters. The minimum absolute atomic E-state index is 0.0101. The number of rotatable bonds is 8. The lowest BCUT2D eigenvalue weighted by atomic mass is 9.81. The van der Waals surface area contributed by atoms with Crippen LogP contribution >= 0.6 is 11.7 Å². The first kappa shape index (κ1) is 22.6. The van der Waals surface area contributed by atoms with E-state index < -0.39 is 10.0 Å². The molecule has 3 aromatic rings. The van der Waals surface area contributed by atoms with E-state index in [4.69, 9.17) is 4.74 Å². The second kappa shape index (κ2) is 9.93. The maximum absolute atomic E-state index is 12.8. The molecule has 2 aromatic carbocycles. The van der Waals surface area contributed by atoms with Gasteiger partial charge in [0.05, 0.1) is 18.3 Å². The van der Waals surface area contributed by atoms with Crippen LogP contribution < -0.4 is 14.8 Å². The zero-order valence-corrected chi connectivity index (χ0v) is 19.4. The van der Waals surface area contributed by atoms with Crippen molar-refractivity contribution < 1.29 is 17.9 Å². The van der Waals surface area contributed by atoms with Crippen LogP contribution in [-0.4, -0.2) is 36.2 Å². The maximum atomic E-state index is 12.8. The molecule has 1 amide bonds. The first-order valence-electron chi connectivity index (χ1n) is 10.7. The Kier molecular flexibility index (Phi) is 7.02. The van der Waals surface area contributed by atoms with Gasteiger partial charge in [-0.25, -0.2) is 13.1 Å². The van der Waals surface area contributed by atoms with Gasteiger partial charge in [0.25, 0.3) is 0 Å². The number of hydrogen-bond acceptors (Lipinski definition) is 7. The topological polar surface area (TPSA) is 110 Å². The predicted octanol–water partition coefficient (Wildman–Crippen LogP) is 3.81. The van der Waals surface area contributed by atoms with Crippen LogP contribution in [0.15, 0.2) is 47.4 Å². The summed E-state index contributed by atoms with van der Waals surface area (Å²) in [5.41, 5.74) is 1.73. The Morgan fingerprint density at radius 1 is 1.09 bits per heavy atom. The molecule has 1 aliphatic carbocycles. The molecule has 10 heteroatoms. The quantitative estimate of drug-likeness (QED) is 0.514. The second-order valence-electron chi connectivity index (χ2n) is 7.90. The third kappa shape index (κ3) is 5.25. The molecule has 2 N–H and O–H groups in total. The molecular formula is C22H26N4O4S2. The van der Waals surface area contributed by atoms with E-state index in [0.717, 1.165) is 48.8 Å². The fourth-order valence-corrected chi connectivity index (χ4v) is 5.86. The van der Waals surface area contributed by atoms with Gasteiger partial charge in [0, 0.05) is 18.2 Å². The molecule has 170 valence electrons. The Balaban J connectivity index is 1.27. The first-order chi connectivity index (χ1) is 15.5. The van der Waals surface area contributed by atoms with E-state index in [-0.39, 0.29) is 22.6 Å². The summed E-state index contributed by atoms with van der Waals surface area (Å²) in [5, 5.41) is 2.97. The molecule has 1 saturated carbocycles. The number of amides is 1. The lowest BCUT2D eigenvalue weighted by molar-refractivity contribution is -0.121. The molecule has 0 bridgehead atoms. The van der Waals surface area contributed by atoms with Gasteiger partial charge in [0.15, 0.2) is 0 Å². The average Bonchev–Trinajstić information content (AvgIpc) is 3.28. The molecule has 0 aliphatic heterocycles. The van der Waals surface area contributed by atoms with Crippen molar-refractivity contribution in [2.24, 2.45) is 11.8 Å². The summed E-state index contributed by atoms with van der Waals surface area (Å²) in [7, 11) is -3.67. The number of nitrogens with one attached hydrogen (secondary N) is 2. The number of benzene rings is 2. The number of sulfonamides is 1. The lowest BCUT2D eigenvalue weighted by Crippen LogP contribution is -2.33. The zero-order chi connectivity index (χ0) is 22.6. The van der Waals surface area contributed by atoms with Crippen LogP contribution in [-0.2, 0) is 14.8 Å². The molecule has 1 aliphatic rings.